The molecule has 0 aliphatic carbocycles. The molecule has 0 saturated carbocycles. The number of rotatable bonds is 6. The van der Waals surface area contributed by atoms with E-state index in [0.717, 1.165) is 5.56 Å². The highest BCUT2D eigenvalue weighted by molar-refractivity contribution is 5.94. The lowest BCUT2D eigenvalue weighted by Crippen LogP contribution is -2.22. The molecule has 1 aromatic carbocycles. The summed E-state index contributed by atoms with van der Waals surface area (Å²) in [5.41, 5.74) is 1.69. The average molecular weight is 288 g/mol. The highest BCUT2D eigenvalue weighted by Gasteiger charge is 2.09. The number of benzene rings is 1. The summed E-state index contributed by atoms with van der Waals surface area (Å²) in [6, 6.07) is 7.81. The highest BCUT2D eigenvalue weighted by Crippen LogP contribution is 2.13. The Hall–Kier alpha value is -2.37. The SMILES string of the molecule is CCNC(=O)c1ccc(CNc2nc(C(C)C)no2)cc1. The Labute approximate surface area is 123 Å². The molecule has 6 nitrogen and oxygen atoms in total. The second-order valence-electron chi connectivity index (χ2n) is 5.02. The van der Waals surface area contributed by atoms with Gasteiger partial charge in [-0.05, 0) is 24.6 Å². The molecule has 21 heavy (non-hydrogen) atoms. The molecule has 2 N–H and O–H groups in total. The third-order valence-electron chi connectivity index (χ3n) is 2.96. The van der Waals surface area contributed by atoms with Crippen LogP contribution in [0.2, 0.25) is 0 Å². The first-order valence-corrected chi connectivity index (χ1v) is 7.04. The monoisotopic (exact) mass is 288 g/mol. The number of nitrogens with one attached hydrogen (secondary N) is 2. The minimum Gasteiger partial charge on any atom is -0.352 e. The maximum atomic E-state index is 11.6. The zero-order valence-electron chi connectivity index (χ0n) is 12.5. The van der Waals surface area contributed by atoms with E-state index in [0.29, 0.717) is 30.5 Å². The van der Waals surface area contributed by atoms with Crippen LogP contribution in [0, 0.1) is 0 Å². The van der Waals surface area contributed by atoms with Gasteiger partial charge in [-0.25, -0.2) is 0 Å². The molecule has 112 valence electrons. The molecule has 2 rings (SSSR count). The van der Waals surface area contributed by atoms with E-state index in [-0.39, 0.29) is 11.8 Å². The van der Waals surface area contributed by atoms with Crippen molar-refractivity contribution < 1.29 is 9.32 Å². The van der Waals surface area contributed by atoms with Crippen LogP contribution in [0.5, 0.6) is 0 Å². The number of hydrogen-bond acceptors (Lipinski definition) is 5. The van der Waals surface area contributed by atoms with Crippen LogP contribution in [0.4, 0.5) is 6.01 Å². The summed E-state index contributed by atoms with van der Waals surface area (Å²) in [7, 11) is 0. The van der Waals surface area contributed by atoms with Crippen molar-refractivity contribution >= 4 is 11.9 Å². The minimum atomic E-state index is -0.0597. The lowest BCUT2D eigenvalue weighted by atomic mass is 10.1. The Balaban J connectivity index is 1.92. The summed E-state index contributed by atoms with van der Waals surface area (Å²) in [5, 5.41) is 9.72. The molecule has 0 unspecified atom stereocenters. The third kappa shape index (κ3) is 4.05. The lowest BCUT2D eigenvalue weighted by molar-refractivity contribution is 0.0956. The van der Waals surface area contributed by atoms with E-state index in [4.69, 9.17) is 4.52 Å². The Bertz CT molecular complexity index is 590. The van der Waals surface area contributed by atoms with Crippen molar-refractivity contribution in [3.8, 4) is 0 Å². The first-order chi connectivity index (χ1) is 10.1. The van der Waals surface area contributed by atoms with Gasteiger partial charge in [-0.1, -0.05) is 31.1 Å². The number of carbonyl (C=O) groups excluding carboxylic acids is 1. The van der Waals surface area contributed by atoms with Crippen molar-refractivity contribution in [2.75, 3.05) is 11.9 Å². The van der Waals surface area contributed by atoms with Crippen molar-refractivity contribution in [2.24, 2.45) is 0 Å². The fraction of sp³-hybridized carbons (Fsp3) is 0.400. The second-order valence-corrected chi connectivity index (χ2v) is 5.02. The molecule has 0 bridgehead atoms. The van der Waals surface area contributed by atoms with Crippen molar-refractivity contribution in [3.05, 3.63) is 41.2 Å². The molecule has 0 spiro atoms. The molecule has 1 aromatic heterocycles. The second kappa shape index (κ2) is 6.88. The Kier molecular flexibility index (Phi) is 4.92. The van der Waals surface area contributed by atoms with E-state index in [1.165, 1.54) is 0 Å². The number of aromatic nitrogens is 2. The van der Waals surface area contributed by atoms with Crippen LogP contribution in [0.25, 0.3) is 0 Å². The highest BCUT2D eigenvalue weighted by atomic mass is 16.5. The van der Waals surface area contributed by atoms with E-state index in [2.05, 4.69) is 20.8 Å². The van der Waals surface area contributed by atoms with Crippen LogP contribution in [-0.2, 0) is 6.54 Å². The van der Waals surface area contributed by atoms with Crippen LogP contribution in [0.15, 0.2) is 28.8 Å². The molecule has 0 fully saturated rings. The molecule has 1 heterocycles. The van der Waals surface area contributed by atoms with Gasteiger partial charge in [0.1, 0.15) is 0 Å². The van der Waals surface area contributed by atoms with Gasteiger partial charge in [0.2, 0.25) is 0 Å². The van der Waals surface area contributed by atoms with Gasteiger partial charge in [-0.2, -0.15) is 4.98 Å². The number of hydrogen-bond donors (Lipinski definition) is 2. The van der Waals surface area contributed by atoms with Gasteiger partial charge in [-0.15, -0.1) is 0 Å². The number of nitrogens with zero attached hydrogens (tertiary/aromatic N) is 2. The summed E-state index contributed by atoms with van der Waals surface area (Å²) >= 11 is 0. The predicted octanol–water partition coefficient (Wildman–Crippen LogP) is 2.55. The predicted molar refractivity (Wildman–Crippen MR) is 80.2 cm³/mol. The topological polar surface area (TPSA) is 80.0 Å². The Morgan fingerprint density at radius 2 is 2.00 bits per heavy atom. The number of amides is 1. The van der Waals surface area contributed by atoms with Crippen molar-refractivity contribution in [1.29, 1.82) is 0 Å². The standard InChI is InChI=1S/C15H20N4O2/c1-4-16-14(20)12-7-5-11(6-8-12)9-17-15-18-13(10(2)3)19-21-15/h5-8,10H,4,9H2,1-3H3,(H,16,20)(H,17,18,19). The Morgan fingerprint density at radius 3 is 2.57 bits per heavy atom. The lowest BCUT2D eigenvalue weighted by Gasteiger charge is -2.04. The van der Waals surface area contributed by atoms with E-state index in [1.54, 1.807) is 12.1 Å². The molecular weight excluding hydrogens is 268 g/mol. The molecule has 0 atom stereocenters. The van der Waals surface area contributed by atoms with E-state index in [1.807, 2.05) is 32.9 Å². The van der Waals surface area contributed by atoms with Gasteiger partial charge in [0, 0.05) is 24.6 Å². The van der Waals surface area contributed by atoms with Gasteiger partial charge >= 0.3 is 6.01 Å². The summed E-state index contributed by atoms with van der Waals surface area (Å²) in [6.45, 7) is 7.10. The average Bonchev–Trinajstić information content (AvgIpc) is 2.95. The van der Waals surface area contributed by atoms with Crippen LogP contribution in [0.3, 0.4) is 0 Å². The summed E-state index contributed by atoms with van der Waals surface area (Å²) in [4.78, 5) is 15.9. The van der Waals surface area contributed by atoms with E-state index in [9.17, 15) is 4.79 Å². The quantitative estimate of drug-likeness (QED) is 0.854. The summed E-state index contributed by atoms with van der Waals surface area (Å²) in [6.07, 6.45) is 0. The molecule has 0 aliphatic heterocycles. The molecule has 0 saturated heterocycles. The zero-order valence-corrected chi connectivity index (χ0v) is 12.5. The smallest absolute Gasteiger partial charge is 0.321 e. The summed E-state index contributed by atoms with van der Waals surface area (Å²) in [5.74, 6) is 0.861. The van der Waals surface area contributed by atoms with Crippen molar-refractivity contribution in [2.45, 2.75) is 33.2 Å². The van der Waals surface area contributed by atoms with Crippen LogP contribution < -0.4 is 10.6 Å². The van der Waals surface area contributed by atoms with E-state index < -0.39 is 0 Å². The fourth-order valence-electron chi connectivity index (χ4n) is 1.76. The first kappa shape index (κ1) is 15.0. The van der Waals surface area contributed by atoms with Crippen molar-refractivity contribution in [1.82, 2.24) is 15.5 Å². The first-order valence-electron chi connectivity index (χ1n) is 7.04. The molecular formula is C15H20N4O2. The van der Waals surface area contributed by atoms with Gasteiger partial charge in [0.05, 0.1) is 0 Å². The molecule has 0 aliphatic rings. The van der Waals surface area contributed by atoms with Crippen LogP contribution in [-0.4, -0.2) is 22.6 Å². The maximum absolute atomic E-state index is 11.6. The van der Waals surface area contributed by atoms with Crippen LogP contribution in [0.1, 0.15) is 48.4 Å². The van der Waals surface area contributed by atoms with Gasteiger partial charge in [0.15, 0.2) is 5.82 Å². The van der Waals surface area contributed by atoms with Gasteiger partial charge in [-0.3, -0.25) is 4.79 Å². The van der Waals surface area contributed by atoms with Crippen molar-refractivity contribution in [3.63, 3.8) is 0 Å². The molecule has 1 amide bonds. The third-order valence-corrected chi connectivity index (χ3v) is 2.96. The zero-order chi connectivity index (χ0) is 15.2. The number of carbonyl (C=O) groups is 1. The minimum absolute atomic E-state index is 0.0597. The molecule has 6 heteroatoms. The van der Waals surface area contributed by atoms with Gasteiger partial charge in [0.25, 0.3) is 5.91 Å². The fourth-order valence-corrected chi connectivity index (χ4v) is 1.76. The van der Waals surface area contributed by atoms with Crippen LogP contribution >= 0.6 is 0 Å². The maximum Gasteiger partial charge on any atom is 0.321 e. The largest absolute Gasteiger partial charge is 0.352 e. The summed E-state index contributed by atoms with van der Waals surface area (Å²) < 4.78 is 5.11. The molecule has 0 radical (unpaired) electrons. The molecule has 2 aromatic rings. The number of anilines is 1. The van der Waals surface area contributed by atoms with Gasteiger partial charge < -0.3 is 15.2 Å². The Morgan fingerprint density at radius 1 is 1.29 bits per heavy atom. The van der Waals surface area contributed by atoms with E-state index >= 15 is 0 Å². The normalized spacial score (nSPS) is 10.7.